The smallest absolute Gasteiger partial charge is 0.381 e. The van der Waals surface area contributed by atoms with Gasteiger partial charge >= 0.3 is 6.18 Å². The lowest BCUT2D eigenvalue weighted by Crippen LogP contribution is -2.48. The largest absolute Gasteiger partial charge is 0.416 e. The van der Waals surface area contributed by atoms with Crippen LogP contribution >= 0.6 is 0 Å². The summed E-state index contributed by atoms with van der Waals surface area (Å²) in [5.41, 5.74) is 1.88. The molecule has 1 aromatic carbocycles. The van der Waals surface area contributed by atoms with Crippen LogP contribution < -0.4 is 5.32 Å². The molecule has 1 N–H and O–H groups in total. The summed E-state index contributed by atoms with van der Waals surface area (Å²) in [6, 6.07) is 7.98. The second kappa shape index (κ2) is 12.1. The molecule has 10 heteroatoms. The summed E-state index contributed by atoms with van der Waals surface area (Å²) in [6.45, 7) is 4.47. The first-order valence-corrected chi connectivity index (χ1v) is 13.4. The maximum Gasteiger partial charge on any atom is 0.416 e. The molecule has 2 fully saturated rings. The van der Waals surface area contributed by atoms with E-state index in [1.54, 1.807) is 18.5 Å². The molecule has 0 radical (unpaired) electrons. The van der Waals surface area contributed by atoms with Crippen LogP contribution in [-0.2, 0) is 40.0 Å². The van der Waals surface area contributed by atoms with E-state index in [9.17, 15) is 18.0 Å². The summed E-state index contributed by atoms with van der Waals surface area (Å²) in [5.74, 6) is -0.133. The lowest BCUT2D eigenvalue weighted by molar-refractivity contribution is -0.137. The van der Waals surface area contributed by atoms with Gasteiger partial charge < -0.3 is 14.8 Å². The van der Waals surface area contributed by atoms with Crippen LogP contribution in [-0.4, -0.2) is 78.3 Å². The van der Waals surface area contributed by atoms with Crippen LogP contribution in [0.5, 0.6) is 0 Å². The van der Waals surface area contributed by atoms with E-state index in [-0.39, 0.29) is 24.6 Å². The highest BCUT2D eigenvalue weighted by Crippen LogP contribution is 2.32. The molecule has 1 amide bonds. The summed E-state index contributed by atoms with van der Waals surface area (Å²) < 4.78 is 51.5. The van der Waals surface area contributed by atoms with Gasteiger partial charge in [0, 0.05) is 57.8 Å². The number of nitrogens with zero attached hydrogens (tertiary/aromatic N) is 3. The number of pyridine rings is 1. The van der Waals surface area contributed by atoms with Gasteiger partial charge in [0.2, 0.25) is 5.91 Å². The fraction of sp³-hybridized carbons (Fsp3) is 0.571. The molecule has 2 unspecified atom stereocenters. The van der Waals surface area contributed by atoms with Gasteiger partial charge in [0.05, 0.1) is 30.9 Å². The molecule has 3 aliphatic rings. The number of carbonyl (C=O) groups is 1. The molecule has 0 spiro atoms. The minimum absolute atomic E-state index is 0.133. The molecular weight excluding hydrogens is 497 g/mol. The van der Waals surface area contributed by atoms with Gasteiger partial charge in [-0.15, -0.1) is 0 Å². The maximum absolute atomic E-state index is 13.2. The lowest BCUT2D eigenvalue weighted by Gasteiger charge is -2.29. The minimum Gasteiger partial charge on any atom is -0.381 e. The van der Waals surface area contributed by atoms with Crippen molar-refractivity contribution in [2.75, 3.05) is 39.4 Å². The number of hydrogen-bond acceptors (Lipinski definition) is 6. The highest BCUT2D eigenvalue weighted by molar-refractivity contribution is 5.78. The first kappa shape index (κ1) is 27.1. The molecule has 38 heavy (non-hydrogen) atoms. The fourth-order valence-electron chi connectivity index (χ4n) is 5.73. The number of rotatable bonds is 7. The van der Waals surface area contributed by atoms with Crippen molar-refractivity contribution in [2.24, 2.45) is 0 Å². The number of likely N-dealkylation sites (tertiary alicyclic amines) is 1. The molecular formula is C28H35F3N4O3. The highest BCUT2D eigenvalue weighted by Gasteiger charge is 2.38. The molecule has 3 atom stereocenters. The van der Waals surface area contributed by atoms with Gasteiger partial charge in [-0.2, -0.15) is 13.2 Å². The summed E-state index contributed by atoms with van der Waals surface area (Å²) in [4.78, 5) is 21.6. The number of amides is 1. The van der Waals surface area contributed by atoms with Crippen molar-refractivity contribution in [1.82, 2.24) is 20.1 Å². The van der Waals surface area contributed by atoms with E-state index in [0.29, 0.717) is 44.3 Å². The first-order chi connectivity index (χ1) is 18.3. The summed E-state index contributed by atoms with van der Waals surface area (Å²) in [5, 5.41) is 3.18. The van der Waals surface area contributed by atoms with Gasteiger partial charge in [-0.25, -0.2) is 0 Å². The van der Waals surface area contributed by atoms with Gasteiger partial charge in [0.15, 0.2) is 0 Å². The van der Waals surface area contributed by atoms with Gasteiger partial charge in [0.25, 0.3) is 0 Å². The van der Waals surface area contributed by atoms with E-state index >= 15 is 0 Å². The average Bonchev–Trinajstić information content (AvgIpc) is 3.09. The predicted octanol–water partition coefficient (Wildman–Crippen LogP) is 3.41. The molecule has 2 aromatic rings. The number of alkyl halides is 3. The van der Waals surface area contributed by atoms with E-state index in [2.05, 4.69) is 15.2 Å². The summed E-state index contributed by atoms with van der Waals surface area (Å²) in [6.07, 6.45) is 2.62. The molecule has 1 aromatic heterocycles. The predicted molar refractivity (Wildman–Crippen MR) is 135 cm³/mol. The Morgan fingerprint density at radius 2 is 2.05 bits per heavy atom. The molecule has 7 nitrogen and oxygen atoms in total. The van der Waals surface area contributed by atoms with Crippen molar-refractivity contribution in [1.29, 1.82) is 0 Å². The number of ether oxygens (including phenoxy) is 2. The third-order valence-electron chi connectivity index (χ3n) is 7.76. The van der Waals surface area contributed by atoms with Crippen LogP contribution in [0.1, 0.15) is 41.5 Å². The van der Waals surface area contributed by atoms with Crippen LogP contribution in [0.25, 0.3) is 0 Å². The molecule has 0 bridgehead atoms. The zero-order valence-corrected chi connectivity index (χ0v) is 21.5. The standard InChI is InChI=1S/C28H35F3N4O3/c29-28(30,31)23-6-5-21-7-10-34(15-22(21)13-23)18-27(36)33-25-16-35(24-4-2-11-37-12-8-24)17-26(25)38-19-20-3-1-9-32-14-20/h1,3,5-6,9,13-14,24-26H,2,4,7-8,10-12,15-19H2,(H,33,36)/t24?,25?,26-/m0/s1. The minimum atomic E-state index is -4.38. The lowest BCUT2D eigenvalue weighted by atomic mass is 9.97. The SMILES string of the molecule is O=C(CN1CCc2ccc(C(F)(F)F)cc2C1)NC1CN(C2CCCOCC2)C[C@@H]1OCc1cccnc1. The molecule has 206 valence electrons. The topological polar surface area (TPSA) is 66.9 Å². The Morgan fingerprint density at radius 1 is 1.16 bits per heavy atom. The van der Waals surface area contributed by atoms with Gasteiger partial charge in [-0.1, -0.05) is 12.1 Å². The zero-order valence-electron chi connectivity index (χ0n) is 21.5. The van der Waals surface area contributed by atoms with E-state index < -0.39 is 11.7 Å². The van der Waals surface area contributed by atoms with Crippen LogP contribution in [0.2, 0.25) is 0 Å². The average molecular weight is 533 g/mol. The van der Waals surface area contributed by atoms with Crippen molar-refractivity contribution in [3.8, 4) is 0 Å². The Morgan fingerprint density at radius 3 is 2.87 bits per heavy atom. The Hall–Kier alpha value is -2.53. The Balaban J connectivity index is 1.21. The summed E-state index contributed by atoms with van der Waals surface area (Å²) in [7, 11) is 0. The number of fused-ring (bicyclic) bond motifs is 1. The van der Waals surface area contributed by atoms with E-state index in [1.165, 1.54) is 6.07 Å². The number of aromatic nitrogens is 1. The Labute approximate surface area is 221 Å². The zero-order chi connectivity index (χ0) is 26.5. The number of carbonyl (C=O) groups excluding carboxylic acids is 1. The molecule has 5 rings (SSSR count). The molecule has 2 saturated heterocycles. The van der Waals surface area contributed by atoms with Crippen LogP contribution in [0.3, 0.4) is 0 Å². The van der Waals surface area contributed by atoms with Crippen LogP contribution in [0, 0.1) is 0 Å². The fourth-order valence-corrected chi connectivity index (χ4v) is 5.73. The molecule has 0 saturated carbocycles. The van der Waals surface area contributed by atoms with Crippen LogP contribution in [0.4, 0.5) is 13.2 Å². The normalized spacial score (nSPS) is 25.1. The van der Waals surface area contributed by atoms with Crippen LogP contribution in [0.15, 0.2) is 42.7 Å². The Kier molecular flexibility index (Phi) is 8.62. The number of hydrogen-bond donors (Lipinski definition) is 1. The van der Waals surface area contributed by atoms with Gasteiger partial charge in [0.1, 0.15) is 0 Å². The molecule has 4 heterocycles. The van der Waals surface area contributed by atoms with Crippen molar-refractivity contribution >= 4 is 5.91 Å². The first-order valence-electron chi connectivity index (χ1n) is 13.4. The second-order valence-electron chi connectivity index (χ2n) is 10.5. The monoisotopic (exact) mass is 532 g/mol. The number of benzene rings is 1. The maximum atomic E-state index is 13.2. The van der Waals surface area contributed by atoms with Crippen molar-refractivity contribution in [3.63, 3.8) is 0 Å². The van der Waals surface area contributed by atoms with E-state index in [4.69, 9.17) is 9.47 Å². The van der Waals surface area contributed by atoms with E-state index in [1.807, 2.05) is 17.0 Å². The third-order valence-corrected chi connectivity index (χ3v) is 7.76. The van der Waals surface area contributed by atoms with Gasteiger partial charge in [-0.05, 0) is 60.6 Å². The van der Waals surface area contributed by atoms with Crippen molar-refractivity contribution < 1.29 is 27.4 Å². The van der Waals surface area contributed by atoms with Crippen molar-refractivity contribution in [2.45, 2.75) is 63.2 Å². The molecule has 3 aliphatic heterocycles. The van der Waals surface area contributed by atoms with Crippen molar-refractivity contribution in [3.05, 3.63) is 65.0 Å². The second-order valence-corrected chi connectivity index (χ2v) is 10.5. The highest BCUT2D eigenvalue weighted by atomic mass is 19.4. The Bertz CT molecular complexity index is 1080. The third kappa shape index (κ3) is 6.91. The van der Waals surface area contributed by atoms with E-state index in [0.717, 1.165) is 56.2 Å². The quantitative estimate of drug-likeness (QED) is 0.590. The summed E-state index contributed by atoms with van der Waals surface area (Å²) >= 11 is 0. The number of nitrogens with one attached hydrogen (secondary N) is 1. The van der Waals surface area contributed by atoms with Gasteiger partial charge in [-0.3, -0.25) is 19.6 Å². The molecule has 0 aliphatic carbocycles. The number of halogens is 3.